The summed E-state index contributed by atoms with van der Waals surface area (Å²) in [6.07, 6.45) is 0.848. The Morgan fingerprint density at radius 3 is 1.70 bits per heavy atom. The van der Waals surface area contributed by atoms with Crippen LogP contribution in [0.4, 0.5) is 17.1 Å². The highest BCUT2D eigenvalue weighted by molar-refractivity contribution is 6.10. The molecule has 10 aromatic rings. The van der Waals surface area contributed by atoms with Crippen LogP contribution in [0.3, 0.4) is 0 Å². The normalized spacial score (nSPS) is 13.1. The van der Waals surface area contributed by atoms with E-state index in [-0.39, 0.29) is 5.41 Å². The largest absolute Gasteiger partial charge is 0.309 e. The molecule has 0 aromatic heterocycles. The lowest BCUT2D eigenvalue weighted by atomic mass is 9.81. The highest BCUT2D eigenvalue weighted by Gasteiger charge is 2.40. The molecule has 0 heterocycles. The van der Waals surface area contributed by atoms with Crippen molar-refractivity contribution in [3.05, 3.63) is 235 Å². The standard InChI is InChI=1S/C60H43N/c1-60(2)53-31-13-11-27-48(53)50-30-17-33-56(59(50)60)61(54-32-14-12-26-45(54)39-18-5-3-6-19-39)55-35-34-47(52-38-44-36-42-22-9-10-23-43(42)37-51(44)58(52)55)49-29-16-25-41-24-15-28-46(57(41)49)40-20-7-4-8-21-40/h3-37H,38H2,1-2H3. The Kier molecular flexibility index (Phi) is 8.02. The molecular weight excluding hydrogens is 735 g/mol. The molecule has 0 bridgehead atoms. The predicted octanol–water partition coefficient (Wildman–Crippen LogP) is 16.3. The van der Waals surface area contributed by atoms with Crippen LogP contribution in [0.2, 0.25) is 0 Å². The molecule has 0 saturated heterocycles. The van der Waals surface area contributed by atoms with Crippen LogP contribution >= 0.6 is 0 Å². The van der Waals surface area contributed by atoms with E-state index >= 15 is 0 Å². The summed E-state index contributed by atoms with van der Waals surface area (Å²) < 4.78 is 0. The van der Waals surface area contributed by atoms with Gasteiger partial charge in [0.1, 0.15) is 0 Å². The molecule has 1 heteroatoms. The fourth-order valence-electron chi connectivity index (χ4n) is 10.8. The van der Waals surface area contributed by atoms with Gasteiger partial charge in [-0.2, -0.15) is 0 Å². The van der Waals surface area contributed by atoms with Gasteiger partial charge in [0, 0.05) is 16.5 Å². The average Bonchev–Trinajstić information content (AvgIpc) is 3.80. The summed E-state index contributed by atoms with van der Waals surface area (Å²) in [6.45, 7) is 4.81. The highest BCUT2D eigenvalue weighted by Crippen LogP contribution is 2.58. The second kappa shape index (κ2) is 13.8. The van der Waals surface area contributed by atoms with Crippen molar-refractivity contribution in [2.45, 2.75) is 25.7 Å². The molecule has 0 spiro atoms. The number of fused-ring (bicyclic) bond motifs is 8. The number of hydrogen-bond acceptors (Lipinski definition) is 1. The number of anilines is 3. The average molecular weight is 778 g/mol. The number of para-hydroxylation sites is 1. The lowest BCUT2D eigenvalue weighted by Gasteiger charge is -2.35. The van der Waals surface area contributed by atoms with E-state index in [4.69, 9.17) is 0 Å². The van der Waals surface area contributed by atoms with Gasteiger partial charge >= 0.3 is 0 Å². The summed E-state index contributed by atoms with van der Waals surface area (Å²) >= 11 is 0. The molecule has 12 rings (SSSR count). The van der Waals surface area contributed by atoms with Crippen LogP contribution in [0.1, 0.15) is 36.1 Å². The van der Waals surface area contributed by atoms with E-state index < -0.39 is 0 Å². The van der Waals surface area contributed by atoms with Crippen molar-refractivity contribution in [1.82, 2.24) is 0 Å². The first-order chi connectivity index (χ1) is 30.0. The molecule has 288 valence electrons. The zero-order chi connectivity index (χ0) is 40.7. The maximum Gasteiger partial charge on any atom is 0.0543 e. The van der Waals surface area contributed by atoms with E-state index in [9.17, 15) is 0 Å². The molecule has 2 aliphatic rings. The molecule has 1 nitrogen and oxygen atoms in total. The van der Waals surface area contributed by atoms with Crippen molar-refractivity contribution in [2.24, 2.45) is 0 Å². The van der Waals surface area contributed by atoms with Gasteiger partial charge in [0.2, 0.25) is 0 Å². The zero-order valence-electron chi connectivity index (χ0n) is 34.4. The molecule has 10 aromatic carbocycles. The summed E-state index contributed by atoms with van der Waals surface area (Å²) in [5.74, 6) is 0. The van der Waals surface area contributed by atoms with Crippen molar-refractivity contribution < 1.29 is 0 Å². The summed E-state index contributed by atoms with van der Waals surface area (Å²) in [7, 11) is 0. The summed E-state index contributed by atoms with van der Waals surface area (Å²) in [5, 5.41) is 5.08. The Morgan fingerprint density at radius 1 is 0.377 bits per heavy atom. The lowest BCUT2D eigenvalue weighted by molar-refractivity contribution is 0.661. The van der Waals surface area contributed by atoms with Crippen molar-refractivity contribution in [2.75, 3.05) is 4.90 Å². The predicted molar refractivity (Wildman–Crippen MR) is 258 cm³/mol. The quantitative estimate of drug-likeness (QED) is 0.163. The molecule has 0 radical (unpaired) electrons. The zero-order valence-corrected chi connectivity index (χ0v) is 34.4. The number of rotatable bonds is 6. The van der Waals surface area contributed by atoms with Crippen molar-refractivity contribution in [3.8, 4) is 55.6 Å². The fraction of sp³-hybridized carbons (Fsp3) is 0.0667. The van der Waals surface area contributed by atoms with E-state index in [0.717, 1.165) is 12.1 Å². The van der Waals surface area contributed by atoms with Crippen LogP contribution in [0, 0.1) is 0 Å². The van der Waals surface area contributed by atoms with E-state index in [1.54, 1.807) is 0 Å². The minimum absolute atomic E-state index is 0.226. The minimum Gasteiger partial charge on any atom is -0.309 e. The van der Waals surface area contributed by atoms with Gasteiger partial charge in [-0.3, -0.25) is 0 Å². The maximum atomic E-state index is 2.61. The van der Waals surface area contributed by atoms with Gasteiger partial charge in [0.15, 0.2) is 0 Å². The molecule has 0 atom stereocenters. The first-order valence-corrected chi connectivity index (χ1v) is 21.5. The van der Waals surface area contributed by atoms with Gasteiger partial charge in [-0.25, -0.2) is 0 Å². The Labute approximate surface area is 357 Å². The molecule has 0 aliphatic heterocycles. The summed E-state index contributed by atoms with van der Waals surface area (Å²) in [4.78, 5) is 2.61. The van der Waals surface area contributed by atoms with Crippen LogP contribution in [0.5, 0.6) is 0 Å². The topological polar surface area (TPSA) is 3.24 Å². The van der Waals surface area contributed by atoms with Gasteiger partial charge in [-0.1, -0.05) is 202 Å². The fourth-order valence-corrected chi connectivity index (χ4v) is 10.8. The van der Waals surface area contributed by atoms with Gasteiger partial charge in [-0.05, 0) is 119 Å². The minimum atomic E-state index is -0.226. The Morgan fingerprint density at radius 2 is 0.934 bits per heavy atom. The summed E-state index contributed by atoms with van der Waals surface area (Å²) in [6, 6.07) is 78.9. The Hall–Kier alpha value is -7.48. The SMILES string of the molecule is CC1(C)c2ccccc2-c2cccc(N(c3ccccc3-c3ccccc3)c3ccc(-c4cccc5cccc(-c6ccccc6)c45)c4c3-c3cc5ccccc5cc3C4)c21. The molecule has 2 aliphatic carbocycles. The van der Waals surface area contributed by atoms with Crippen molar-refractivity contribution in [3.63, 3.8) is 0 Å². The lowest BCUT2D eigenvalue weighted by Crippen LogP contribution is -2.21. The third kappa shape index (κ3) is 5.47. The second-order valence-corrected chi connectivity index (χ2v) is 17.2. The molecule has 0 unspecified atom stereocenters. The van der Waals surface area contributed by atoms with Gasteiger partial charge in [-0.15, -0.1) is 0 Å². The molecular formula is C60H43N. The van der Waals surface area contributed by atoms with E-state index in [0.29, 0.717) is 0 Å². The van der Waals surface area contributed by atoms with Crippen LogP contribution < -0.4 is 4.90 Å². The van der Waals surface area contributed by atoms with Crippen LogP contribution in [-0.2, 0) is 11.8 Å². The first kappa shape index (κ1) is 35.5. The number of benzene rings is 10. The summed E-state index contributed by atoms with van der Waals surface area (Å²) in [5.41, 5.74) is 21.5. The number of hydrogen-bond donors (Lipinski definition) is 0. The van der Waals surface area contributed by atoms with Crippen molar-refractivity contribution in [1.29, 1.82) is 0 Å². The van der Waals surface area contributed by atoms with Gasteiger partial charge in [0.05, 0.1) is 17.1 Å². The van der Waals surface area contributed by atoms with Crippen LogP contribution in [-0.4, -0.2) is 0 Å². The third-order valence-corrected chi connectivity index (χ3v) is 13.4. The van der Waals surface area contributed by atoms with E-state index in [1.165, 1.54) is 111 Å². The third-order valence-electron chi connectivity index (χ3n) is 13.4. The first-order valence-electron chi connectivity index (χ1n) is 21.5. The smallest absolute Gasteiger partial charge is 0.0543 e. The molecule has 0 N–H and O–H groups in total. The molecule has 0 amide bonds. The Balaban J connectivity index is 1.19. The van der Waals surface area contributed by atoms with Gasteiger partial charge in [0.25, 0.3) is 0 Å². The van der Waals surface area contributed by atoms with Crippen LogP contribution in [0.25, 0.3) is 77.2 Å². The second-order valence-electron chi connectivity index (χ2n) is 17.2. The molecule has 61 heavy (non-hydrogen) atoms. The number of nitrogens with zero attached hydrogens (tertiary/aromatic N) is 1. The monoisotopic (exact) mass is 777 g/mol. The van der Waals surface area contributed by atoms with Gasteiger partial charge < -0.3 is 4.90 Å². The highest BCUT2D eigenvalue weighted by atomic mass is 15.2. The van der Waals surface area contributed by atoms with E-state index in [2.05, 4.69) is 231 Å². The van der Waals surface area contributed by atoms with E-state index in [1.807, 2.05) is 0 Å². The Bertz CT molecular complexity index is 3350. The molecule has 0 saturated carbocycles. The maximum absolute atomic E-state index is 2.61. The van der Waals surface area contributed by atoms with Crippen LogP contribution in [0.15, 0.2) is 212 Å². The molecule has 0 fully saturated rings. The van der Waals surface area contributed by atoms with Crippen molar-refractivity contribution >= 4 is 38.6 Å².